The summed E-state index contributed by atoms with van der Waals surface area (Å²) < 4.78 is 6.04. The van der Waals surface area contributed by atoms with Gasteiger partial charge in [0.05, 0.1) is 25.3 Å². The summed E-state index contributed by atoms with van der Waals surface area (Å²) >= 11 is 0. The molecule has 0 saturated carbocycles. The highest BCUT2D eigenvalue weighted by Gasteiger charge is 2.36. The van der Waals surface area contributed by atoms with Gasteiger partial charge in [-0.25, -0.2) is 0 Å². The van der Waals surface area contributed by atoms with E-state index >= 15 is 0 Å². The van der Waals surface area contributed by atoms with E-state index < -0.39 is 7.92 Å². The van der Waals surface area contributed by atoms with E-state index in [-0.39, 0.29) is 12.1 Å². The molecule has 0 amide bonds. The Balaban J connectivity index is 1.62. The normalized spacial score (nSPS) is 20.2. The topological polar surface area (TPSA) is 12.5 Å². The van der Waals surface area contributed by atoms with Gasteiger partial charge >= 0.3 is 0 Å². The van der Waals surface area contributed by atoms with Gasteiger partial charge in [0.2, 0.25) is 0 Å². The third-order valence-electron chi connectivity index (χ3n) is 6.85. The van der Waals surface area contributed by atoms with Crippen molar-refractivity contribution in [1.82, 2.24) is 4.90 Å². The van der Waals surface area contributed by atoms with Crippen molar-refractivity contribution in [1.29, 1.82) is 0 Å². The summed E-state index contributed by atoms with van der Waals surface area (Å²) in [6.45, 7) is 2.43. The van der Waals surface area contributed by atoms with E-state index in [1.54, 1.807) is 0 Å². The van der Waals surface area contributed by atoms with Crippen LogP contribution in [0.4, 0.5) is 0 Å². The van der Waals surface area contributed by atoms with E-state index in [1.165, 1.54) is 32.6 Å². The summed E-state index contributed by atoms with van der Waals surface area (Å²) in [4.78, 5) is 2.65. The molecule has 0 unspecified atom stereocenters. The smallest absolute Gasteiger partial charge is 0.0664 e. The zero-order valence-electron chi connectivity index (χ0n) is 19.1. The fourth-order valence-corrected chi connectivity index (χ4v) is 7.82. The van der Waals surface area contributed by atoms with Gasteiger partial charge in [0, 0.05) is 6.54 Å². The van der Waals surface area contributed by atoms with Crippen molar-refractivity contribution in [3.8, 4) is 0 Å². The molecule has 3 heteroatoms. The van der Waals surface area contributed by atoms with Crippen molar-refractivity contribution in [2.75, 3.05) is 19.8 Å². The fraction of sp³-hybridized carbons (Fsp3) is 0.161. The Morgan fingerprint density at radius 1 is 0.676 bits per heavy atom. The average Bonchev–Trinajstić information content (AvgIpc) is 3.06. The van der Waals surface area contributed by atoms with Gasteiger partial charge in [-0.2, -0.15) is 0 Å². The number of morpholine rings is 1. The van der Waals surface area contributed by atoms with Crippen LogP contribution in [0.3, 0.4) is 0 Å². The summed E-state index contributed by atoms with van der Waals surface area (Å²) in [5, 5.41) is 4.20. The van der Waals surface area contributed by atoms with Crippen molar-refractivity contribution in [3.63, 3.8) is 0 Å². The summed E-state index contributed by atoms with van der Waals surface area (Å²) in [6, 6.07) is 42.5. The lowest BCUT2D eigenvalue weighted by Gasteiger charge is -2.39. The Morgan fingerprint density at radius 3 is 1.94 bits per heavy atom. The number of rotatable bonds is 4. The van der Waals surface area contributed by atoms with Crippen LogP contribution in [0.25, 0.3) is 5.31 Å². The van der Waals surface area contributed by atoms with Crippen LogP contribution in [-0.2, 0) is 4.74 Å². The van der Waals surface area contributed by atoms with Crippen LogP contribution in [0.15, 0.2) is 121 Å². The SMILES string of the molecule is C1=C(P(c2ccccc2)c2ccccc2)c2ccccc2[C@@H]2COCCN2[C@H]1c1ccccc1. The van der Waals surface area contributed by atoms with Crippen LogP contribution in [-0.4, -0.2) is 24.7 Å². The standard InChI is InChI=1S/C31H28NOP/c1-4-12-24(13-5-1)29-22-31(28-19-11-10-18-27(28)30-23-33-21-20-32(29)30)34(25-14-6-2-7-15-25)26-16-8-3-9-17-26/h1-19,22,29-30H,20-21,23H2/t29-,30+/m1/s1. The van der Waals surface area contributed by atoms with Gasteiger partial charge in [-0.1, -0.05) is 121 Å². The minimum absolute atomic E-state index is 0.204. The monoisotopic (exact) mass is 461 g/mol. The Kier molecular flexibility index (Phi) is 6.12. The number of hydrogen-bond donors (Lipinski definition) is 0. The van der Waals surface area contributed by atoms with Gasteiger partial charge in [0.15, 0.2) is 0 Å². The zero-order valence-corrected chi connectivity index (χ0v) is 20.0. The first kappa shape index (κ1) is 21.5. The average molecular weight is 462 g/mol. The number of ether oxygens (including phenoxy) is 1. The highest BCUT2D eigenvalue weighted by Crippen LogP contribution is 2.54. The summed E-state index contributed by atoms with van der Waals surface area (Å²) in [5.74, 6) is 0. The van der Waals surface area contributed by atoms with E-state index in [2.05, 4.69) is 126 Å². The molecule has 0 aromatic heterocycles. The van der Waals surface area contributed by atoms with Crippen LogP contribution in [0.2, 0.25) is 0 Å². The molecule has 4 aromatic carbocycles. The second-order valence-electron chi connectivity index (χ2n) is 8.83. The molecule has 2 aliphatic rings. The van der Waals surface area contributed by atoms with Gasteiger partial charge in [0.25, 0.3) is 0 Å². The summed E-state index contributed by atoms with van der Waals surface area (Å²) in [7, 11) is -0.724. The predicted molar refractivity (Wildman–Crippen MR) is 143 cm³/mol. The molecule has 1 saturated heterocycles. The van der Waals surface area contributed by atoms with E-state index in [1.807, 2.05) is 0 Å². The maximum absolute atomic E-state index is 6.04. The lowest BCUT2D eigenvalue weighted by molar-refractivity contribution is -0.0213. The lowest BCUT2D eigenvalue weighted by atomic mass is 9.98. The molecular weight excluding hydrogens is 433 g/mol. The molecule has 4 aromatic rings. The highest BCUT2D eigenvalue weighted by molar-refractivity contribution is 7.82. The third-order valence-corrected chi connectivity index (χ3v) is 9.35. The maximum atomic E-state index is 6.04. The predicted octanol–water partition coefficient (Wildman–Crippen LogP) is 6.29. The molecule has 2 heterocycles. The summed E-state index contributed by atoms with van der Waals surface area (Å²) in [6.07, 6.45) is 2.56. The minimum Gasteiger partial charge on any atom is -0.378 e. The van der Waals surface area contributed by atoms with E-state index in [4.69, 9.17) is 4.74 Å². The second-order valence-corrected chi connectivity index (χ2v) is 11.0. The zero-order chi connectivity index (χ0) is 22.7. The van der Waals surface area contributed by atoms with Crippen molar-refractivity contribution in [2.45, 2.75) is 12.1 Å². The molecule has 34 heavy (non-hydrogen) atoms. The first-order valence-electron chi connectivity index (χ1n) is 12.0. The second kappa shape index (κ2) is 9.68. The van der Waals surface area contributed by atoms with Crippen LogP contribution in [0.1, 0.15) is 28.8 Å². The summed E-state index contributed by atoms with van der Waals surface area (Å²) in [5.41, 5.74) is 4.09. The number of benzene rings is 4. The van der Waals surface area contributed by atoms with Crippen LogP contribution in [0, 0.1) is 0 Å². The Bertz CT molecular complexity index is 1230. The van der Waals surface area contributed by atoms with Crippen molar-refractivity contribution < 1.29 is 4.74 Å². The molecular formula is C31H28NOP. The molecule has 0 aliphatic carbocycles. The molecule has 6 rings (SSSR count). The van der Waals surface area contributed by atoms with Crippen LogP contribution >= 0.6 is 7.92 Å². The Morgan fingerprint density at radius 2 is 1.26 bits per heavy atom. The molecule has 0 spiro atoms. The quantitative estimate of drug-likeness (QED) is 0.331. The van der Waals surface area contributed by atoms with Crippen LogP contribution < -0.4 is 10.6 Å². The Hall–Kier alpha value is -3.03. The molecule has 1 fully saturated rings. The minimum atomic E-state index is -0.724. The molecule has 168 valence electrons. The molecule has 0 N–H and O–H groups in total. The van der Waals surface area contributed by atoms with E-state index in [0.717, 1.165) is 19.8 Å². The van der Waals surface area contributed by atoms with E-state index in [0.29, 0.717) is 0 Å². The molecule has 2 nitrogen and oxygen atoms in total. The van der Waals surface area contributed by atoms with Gasteiger partial charge in [0.1, 0.15) is 0 Å². The first-order valence-corrected chi connectivity index (χ1v) is 13.3. The van der Waals surface area contributed by atoms with Crippen LogP contribution in [0.5, 0.6) is 0 Å². The molecule has 0 radical (unpaired) electrons. The number of hydrogen-bond acceptors (Lipinski definition) is 2. The van der Waals surface area contributed by atoms with Gasteiger partial charge in [-0.15, -0.1) is 0 Å². The van der Waals surface area contributed by atoms with E-state index in [9.17, 15) is 0 Å². The first-order chi connectivity index (χ1) is 16.9. The number of fused-ring (bicyclic) bond motifs is 3. The third kappa shape index (κ3) is 4.03. The van der Waals surface area contributed by atoms with Crippen molar-refractivity contribution in [2.24, 2.45) is 0 Å². The maximum Gasteiger partial charge on any atom is 0.0664 e. The lowest BCUT2D eigenvalue weighted by Crippen LogP contribution is -2.41. The molecule has 2 atom stereocenters. The van der Waals surface area contributed by atoms with Gasteiger partial charge in [-0.05, 0) is 40.5 Å². The molecule has 0 bridgehead atoms. The fourth-order valence-electron chi connectivity index (χ4n) is 5.29. The van der Waals surface area contributed by atoms with Gasteiger partial charge in [-0.3, -0.25) is 4.90 Å². The van der Waals surface area contributed by atoms with Gasteiger partial charge < -0.3 is 4.74 Å². The highest BCUT2D eigenvalue weighted by atomic mass is 31.1. The Labute approximate surface area is 203 Å². The van der Waals surface area contributed by atoms with Crippen molar-refractivity contribution in [3.05, 3.63) is 138 Å². The largest absolute Gasteiger partial charge is 0.378 e. The number of nitrogens with zero attached hydrogens (tertiary/aromatic N) is 1. The molecule has 2 aliphatic heterocycles. The van der Waals surface area contributed by atoms with Crippen molar-refractivity contribution >= 4 is 23.8 Å².